The predicted molar refractivity (Wildman–Crippen MR) is 138 cm³/mol. The average Bonchev–Trinajstić information content (AvgIpc) is 3.35. The third-order valence-corrected chi connectivity index (χ3v) is 8.55. The minimum absolute atomic E-state index is 0.0319. The maximum absolute atomic E-state index is 13.1. The first kappa shape index (κ1) is 23.5. The number of allylic oxidation sites excluding steroid dienone is 2. The summed E-state index contributed by atoms with van der Waals surface area (Å²) >= 11 is 6.17. The summed E-state index contributed by atoms with van der Waals surface area (Å²) in [6.07, 6.45) is 5.18. The van der Waals surface area contributed by atoms with Gasteiger partial charge in [0.15, 0.2) is 0 Å². The van der Waals surface area contributed by atoms with Crippen LogP contribution in [0.5, 0.6) is 0 Å². The van der Waals surface area contributed by atoms with Crippen molar-refractivity contribution < 1.29 is 17.9 Å². The molecule has 0 fully saturated rings. The molecule has 1 aliphatic heterocycles. The van der Waals surface area contributed by atoms with E-state index in [1.165, 1.54) is 7.11 Å². The number of hydrogen-bond acceptors (Lipinski definition) is 5. The Balaban J connectivity index is 1.44. The molecule has 0 saturated heterocycles. The van der Waals surface area contributed by atoms with Crippen molar-refractivity contribution in [3.05, 3.63) is 100 Å². The van der Waals surface area contributed by atoms with Gasteiger partial charge in [0, 0.05) is 16.6 Å². The maximum Gasteiger partial charge on any atom is 0.337 e. The molecule has 180 valence electrons. The summed E-state index contributed by atoms with van der Waals surface area (Å²) in [5.74, 6) is -0.0528. The van der Waals surface area contributed by atoms with E-state index in [0.29, 0.717) is 16.3 Å². The van der Waals surface area contributed by atoms with Gasteiger partial charge in [-0.2, -0.15) is 0 Å². The maximum atomic E-state index is 13.1. The van der Waals surface area contributed by atoms with Gasteiger partial charge in [0.2, 0.25) is 0 Å². The molecule has 2 N–H and O–H groups in total. The van der Waals surface area contributed by atoms with Crippen LogP contribution >= 0.6 is 11.6 Å². The number of ether oxygens (including phenoxy) is 1. The molecule has 35 heavy (non-hydrogen) atoms. The van der Waals surface area contributed by atoms with Crippen molar-refractivity contribution in [2.45, 2.75) is 30.2 Å². The third kappa shape index (κ3) is 4.42. The van der Waals surface area contributed by atoms with Crippen molar-refractivity contribution in [1.29, 1.82) is 0 Å². The second-order valence-electron chi connectivity index (χ2n) is 8.91. The fourth-order valence-electron chi connectivity index (χ4n) is 4.88. The van der Waals surface area contributed by atoms with Gasteiger partial charge in [-0.3, -0.25) is 4.72 Å². The number of halogens is 1. The van der Waals surface area contributed by atoms with Crippen LogP contribution in [0.2, 0.25) is 5.02 Å². The van der Waals surface area contributed by atoms with E-state index in [0.717, 1.165) is 28.8 Å². The highest BCUT2D eigenvalue weighted by molar-refractivity contribution is 7.92. The summed E-state index contributed by atoms with van der Waals surface area (Å²) in [5.41, 5.74) is 4.73. The number of sulfonamides is 1. The zero-order valence-electron chi connectivity index (χ0n) is 19.3. The lowest BCUT2D eigenvalue weighted by atomic mass is 9.77. The molecule has 0 amide bonds. The molecule has 0 radical (unpaired) electrons. The van der Waals surface area contributed by atoms with Gasteiger partial charge in [-0.25, -0.2) is 13.2 Å². The number of methoxy groups -OCH3 is 1. The topological polar surface area (TPSA) is 84.5 Å². The number of carbonyl (C=O) groups excluding carboxylic acids is 1. The van der Waals surface area contributed by atoms with E-state index in [9.17, 15) is 13.2 Å². The quantitative estimate of drug-likeness (QED) is 0.323. The Bertz CT molecular complexity index is 1430. The van der Waals surface area contributed by atoms with Crippen LogP contribution in [0.15, 0.2) is 77.7 Å². The molecule has 5 rings (SSSR count). The zero-order valence-corrected chi connectivity index (χ0v) is 20.9. The number of anilines is 2. The molecule has 0 saturated carbocycles. The Hall–Kier alpha value is -3.29. The van der Waals surface area contributed by atoms with E-state index in [1.807, 2.05) is 25.1 Å². The molecule has 0 spiro atoms. The molecule has 6 nitrogen and oxygen atoms in total. The first-order chi connectivity index (χ1) is 16.8. The van der Waals surface area contributed by atoms with Crippen molar-refractivity contribution in [3.8, 4) is 0 Å². The summed E-state index contributed by atoms with van der Waals surface area (Å²) in [7, 11) is -2.42. The van der Waals surface area contributed by atoms with Crippen molar-refractivity contribution in [1.82, 2.24) is 0 Å². The van der Waals surface area contributed by atoms with Crippen LogP contribution < -0.4 is 10.0 Å². The van der Waals surface area contributed by atoms with Crippen LogP contribution in [0, 0.1) is 12.8 Å². The smallest absolute Gasteiger partial charge is 0.337 e. The normalized spacial score (nSPS) is 20.5. The molecule has 3 atom stereocenters. The number of esters is 1. The van der Waals surface area contributed by atoms with Crippen molar-refractivity contribution >= 4 is 39.0 Å². The molecule has 0 bridgehead atoms. The minimum Gasteiger partial charge on any atom is -0.465 e. The van der Waals surface area contributed by atoms with Gasteiger partial charge in [0.1, 0.15) is 0 Å². The van der Waals surface area contributed by atoms with Gasteiger partial charge >= 0.3 is 5.97 Å². The van der Waals surface area contributed by atoms with Gasteiger partial charge in [-0.05, 0) is 78.4 Å². The largest absolute Gasteiger partial charge is 0.465 e. The van der Waals surface area contributed by atoms with E-state index in [4.69, 9.17) is 16.3 Å². The van der Waals surface area contributed by atoms with Gasteiger partial charge in [0.05, 0.1) is 29.3 Å². The lowest BCUT2D eigenvalue weighted by Gasteiger charge is -2.37. The Labute approximate surface area is 210 Å². The van der Waals surface area contributed by atoms with Crippen molar-refractivity contribution in [3.63, 3.8) is 0 Å². The van der Waals surface area contributed by atoms with Gasteiger partial charge in [0.25, 0.3) is 10.0 Å². The van der Waals surface area contributed by atoms with Crippen LogP contribution in [0.25, 0.3) is 0 Å². The SMILES string of the molecule is COC(=O)c1ccc([C@H]2Nc3ccc(S(=O)(=O)Nc4ccc(C)c(Cl)c4)cc3[C@H]3C=CC[C@H]32)cc1. The number of rotatable bonds is 5. The first-order valence-corrected chi connectivity index (χ1v) is 13.2. The monoisotopic (exact) mass is 508 g/mol. The van der Waals surface area contributed by atoms with Crippen LogP contribution in [-0.2, 0) is 14.8 Å². The Morgan fingerprint density at radius 2 is 1.86 bits per heavy atom. The summed E-state index contributed by atoms with van der Waals surface area (Å²) in [6.45, 7) is 1.86. The highest BCUT2D eigenvalue weighted by Gasteiger charge is 2.38. The molecular formula is C27H25ClN2O4S. The number of benzene rings is 3. The summed E-state index contributed by atoms with van der Waals surface area (Å²) < 4.78 is 33.7. The Morgan fingerprint density at radius 1 is 1.09 bits per heavy atom. The van der Waals surface area contributed by atoms with Gasteiger partial charge < -0.3 is 10.1 Å². The molecule has 2 aliphatic rings. The highest BCUT2D eigenvalue weighted by Crippen LogP contribution is 2.50. The number of nitrogens with one attached hydrogen (secondary N) is 2. The Kier molecular flexibility index (Phi) is 6.07. The molecule has 3 aromatic rings. The van der Waals surface area contributed by atoms with Crippen LogP contribution in [-0.4, -0.2) is 21.5 Å². The van der Waals surface area contributed by atoms with Crippen molar-refractivity contribution in [2.75, 3.05) is 17.1 Å². The van der Waals surface area contributed by atoms with Crippen molar-refractivity contribution in [2.24, 2.45) is 5.92 Å². The summed E-state index contributed by atoms with van der Waals surface area (Å²) in [5, 5.41) is 4.10. The van der Waals surface area contributed by atoms with Gasteiger partial charge in [-0.15, -0.1) is 0 Å². The third-order valence-electron chi connectivity index (χ3n) is 6.76. The molecule has 0 unspecified atom stereocenters. The minimum atomic E-state index is -3.79. The highest BCUT2D eigenvalue weighted by atomic mass is 35.5. The first-order valence-electron chi connectivity index (χ1n) is 11.3. The van der Waals surface area contributed by atoms with E-state index in [-0.39, 0.29) is 28.7 Å². The molecule has 1 aliphatic carbocycles. The van der Waals surface area contributed by atoms with Gasteiger partial charge in [-0.1, -0.05) is 42.0 Å². The molecular weight excluding hydrogens is 484 g/mol. The number of aryl methyl sites for hydroxylation is 1. The predicted octanol–water partition coefficient (Wildman–Crippen LogP) is 6.06. The summed E-state index contributed by atoms with van der Waals surface area (Å²) in [4.78, 5) is 12.0. The zero-order chi connectivity index (χ0) is 24.7. The number of fused-ring (bicyclic) bond motifs is 3. The Morgan fingerprint density at radius 3 is 2.57 bits per heavy atom. The molecule has 3 aromatic carbocycles. The lowest BCUT2D eigenvalue weighted by molar-refractivity contribution is 0.0600. The lowest BCUT2D eigenvalue weighted by Crippen LogP contribution is -2.29. The second kappa shape index (κ2) is 9.06. The molecule has 0 aromatic heterocycles. The average molecular weight is 509 g/mol. The molecule has 1 heterocycles. The summed E-state index contributed by atoms with van der Waals surface area (Å²) in [6, 6.07) is 17.7. The van der Waals surface area contributed by atoms with E-state index in [1.54, 1.807) is 42.5 Å². The number of hydrogen-bond donors (Lipinski definition) is 2. The van der Waals surface area contributed by atoms with Crippen LogP contribution in [0.4, 0.5) is 11.4 Å². The second-order valence-corrected chi connectivity index (χ2v) is 11.0. The van der Waals surface area contributed by atoms with E-state index < -0.39 is 10.0 Å². The fourth-order valence-corrected chi connectivity index (χ4v) is 6.15. The van der Waals surface area contributed by atoms with Crippen LogP contribution in [0.1, 0.15) is 45.4 Å². The standard InChI is InChI=1S/C27H25ClN2O4S/c1-16-6-11-19(14-24(16)28)30-35(32,33)20-12-13-25-23(15-20)21-4-3-5-22(21)26(29-25)17-7-9-18(10-8-17)27(31)34-2/h3-4,6-15,21-22,26,29-30H,5H2,1-2H3/t21-,22+,26+/m0/s1. The number of carbonyl (C=O) groups is 1. The van der Waals surface area contributed by atoms with E-state index >= 15 is 0 Å². The van der Waals surface area contributed by atoms with Crippen LogP contribution in [0.3, 0.4) is 0 Å². The molecule has 8 heteroatoms. The fraction of sp³-hybridized carbons (Fsp3) is 0.222. The van der Waals surface area contributed by atoms with E-state index in [2.05, 4.69) is 22.2 Å².